The Labute approximate surface area is 161 Å². The average Bonchev–Trinajstić information content (AvgIpc) is 2.56. The molecule has 1 N–H and O–H groups in total. The first kappa shape index (κ1) is 18.7. The third-order valence-corrected chi connectivity index (χ3v) is 4.84. The van der Waals surface area contributed by atoms with Crippen molar-refractivity contribution in [2.24, 2.45) is 5.92 Å². The van der Waals surface area contributed by atoms with Gasteiger partial charge in [0.15, 0.2) is 0 Å². The number of hydrogen-bond donors (Lipinski definition) is 1. The fourth-order valence-corrected chi connectivity index (χ4v) is 3.45. The Hall–Kier alpha value is -2.05. The summed E-state index contributed by atoms with van der Waals surface area (Å²) < 4.78 is 1.18. The summed E-state index contributed by atoms with van der Waals surface area (Å²) in [5.41, 5.74) is 0.153. The summed E-state index contributed by atoms with van der Waals surface area (Å²) in [6, 6.07) is 7.92. The van der Waals surface area contributed by atoms with Crippen molar-refractivity contribution in [3.8, 4) is 0 Å². The van der Waals surface area contributed by atoms with E-state index < -0.39 is 0 Å². The summed E-state index contributed by atoms with van der Waals surface area (Å²) >= 11 is 11.9. The van der Waals surface area contributed by atoms with Crippen LogP contribution in [0.1, 0.15) is 19.8 Å². The number of carbonyl (C=O) groups is 1. The number of nitrogens with zero attached hydrogens (tertiary/aromatic N) is 3. The van der Waals surface area contributed by atoms with Crippen molar-refractivity contribution < 1.29 is 4.79 Å². The van der Waals surface area contributed by atoms with Gasteiger partial charge in [0.2, 0.25) is 5.91 Å². The van der Waals surface area contributed by atoms with Crippen LogP contribution in [0.2, 0.25) is 10.0 Å². The maximum atomic E-state index is 12.3. The fourth-order valence-electron chi connectivity index (χ4n) is 2.92. The van der Waals surface area contributed by atoms with Gasteiger partial charge in [-0.2, -0.15) is 5.10 Å². The summed E-state index contributed by atoms with van der Waals surface area (Å²) in [7, 11) is 0. The molecule has 0 aliphatic carbocycles. The van der Waals surface area contributed by atoms with Crippen LogP contribution in [0, 0.1) is 5.92 Å². The normalized spacial score (nSPS) is 15.1. The number of hydrogen-bond acceptors (Lipinski definition) is 4. The number of amides is 1. The van der Waals surface area contributed by atoms with Crippen LogP contribution in [0.5, 0.6) is 0 Å². The first-order chi connectivity index (χ1) is 12.4. The lowest BCUT2D eigenvalue weighted by Gasteiger charge is -2.31. The van der Waals surface area contributed by atoms with Crippen LogP contribution >= 0.6 is 23.2 Å². The zero-order chi connectivity index (χ0) is 18.7. The monoisotopic (exact) mass is 394 g/mol. The minimum Gasteiger partial charge on any atom is -0.355 e. The first-order valence-electron chi connectivity index (χ1n) is 8.50. The van der Waals surface area contributed by atoms with Crippen LogP contribution in [0.25, 0.3) is 0 Å². The smallest absolute Gasteiger partial charge is 0.267 e. The number of benzene rings is 1. The maximum Gasteiger partial charge on any atom is 0.267 e. The second-order valence-electron chi connectivity index (χ2n) is 6.56. The number of aromatic nitrogens is 2. The summed E-state index contributed by atoms with van der Waals surface area (Å²) in [5, 5.41) is 7.88. The Morgan fingerprint density at radius 1 is 1.19 bits per heavy atom. The van der Waals surface area contributed by atoms with Gasteiger partial charge in [-0.25, -0.2) is 4.68 Å². The number of nitrogens with one attached hydrogen (secondary N) is 1. The lowest BCUT2D eigenvalue weighted by atomic mass is 9.99. The summed E-state index contributed by atoms with van der Waals surface area (Å²) in [6.07, 6.45) is 2.19. The van der Waals surface area contributed by atoms with Gasteiger partial charge in [-0.3, -0.25) is 9.59 Å². The van der Waals surface area contributed by atoms with Crippen LogP contribution < -0.4 is 15.8 Å². The first-order valence-corrected chi connectivity index (χ1v) is 9.25. The highest BCUT2D eigenvalue weighted by Gasteiger charge is 2.18. The predicted octanol–water partition coefficient (Wildman–Crippen LogP) is 3.43. The van der Waals surface area contributed by atoms with Crippen molar-refractivity contribution in [1.82, 2.24) is 9.78 Å². The highest BCUT2D eigenvalue weighted by Crippen LogP contribution is 2.22. The minimum absolute atomic E-state index is 0.180. The molecule has 2 aromatic rings. The van der Waals surface area contributed by atoms with E-state index in [1.54, 1.807) is 24.3 Å². The molecule has 1 aromatic heterocycles. The summed E-state index contributed by atoms with van der Waals surface area (Å²) in [5.74, 6) is 1.05. The number of piperidine rings is 1. The molecule has 0 bridgehead atoms. The Bertz CT molecular complexity index is 840. The quantitative estimate of drug-likeness (QED) is 0.862. The molecule has 1 saturated heterocycles. The molecular formula is C18H20Cl2N4O2. The average molecular weight is 395 g/mol. The van der Waals surface area contributed by atoms with Crippen molar-refractivity contribution in [1.29, 1.82) is 0 Å². The topological polar surface area (TPSA) is 67.2 Å². The highest BCUT2D eigenvalue weighted by atomic mass is 35.5. The van der Waals surface area contributed by atoms with Crippen LogP contribution in [0.15, 0.2) is 35.1 Å². The van der Waals surface area contributed by atoms with Crippen molar-refractivity contribution in [2.75, 3.05) is 23.3 Å². The van der Waals surface area contributed by atoms with E-state index in [-0.39, 0.29) is 18.0 Å². The van der Waals surface area contributed by atoms with Crippen LogP contribution in [-0.4, -0.2) is 28.8 Å². The zero-order valence-corrected chi connectivity index (χ0v) is 15.9. The van der Waals surface area contributed by atoms with Crippen LogP contribution in [0.3, 0.4) is 0 Å². The number of carbonyl (C=O) groups excluding carboxylic acids is 1. The zero-order valence-electron chi connectivity index (χ0n) is 14.4. The Balaban J connectivity index is 1.71. The fraction of sp³-hybridized carbons (Fsp3) is 0.389. The van der Waals surface area contributed by atoms with Crippen LogP contribution in [-0.2, 0) is 11.3 Å². The molecule has 138 valence electrons. The third kappa shape index (κ3) is 4.77. The van der Waals surface area contributed by atoms with Crippen LogP contribution in [0.4, 0.5) is 11.5 Å². The van der Waals surface area contributed by atoms with Gasteiger partial charge in [-0.1, -0.05) is 30.1 Å². The van der Waals surface area contributed by atoms with Gasteiger partial charge in [0.05, 0.1) is 0 Å². The van der Waals surface area contributed by atoms with E-state index >= 15 is 0 Å². The molecule has 1 aliphatic heterocycles. The number of anilines is 2. The highest BCUT2D eigenvalue weighted by molar-refractivity contribution is 6.35. The Kier molecular flexibility index (Phi) is 5.84. The molecule has 0 saturated carbocycles. The van der Waals surface area contributed by atoms with E-state index in [2.05, 4.69) is 22.2 Å². The largest absolute Gasteiger partial charge is 0.355 e. The SMILES string of the molecule is CC1CCN(c2ccc(=O)n(CC(=O)Nc3cc(Cl)cc(Cl)c3)n2)CC1. The molecule has 8 heteroatoms. The van der Waals surface area contributed by atoms with Crippen molar-refractivity contribution >= 4 is 40.6 Å². The molecular weight excluding hydrogens is 375 g/mol. The summed E-state index contributed by atoms with van der Waals surface area (Å²) in [4.78, 5) is 26.5. The van der Waals surface area contributed by atoms with E-state index in [1.807, 2.05) is 0 Å². The molecule has 1 fully saturated rings. The maximum absolute atomic E-state index is 12.3. The molecule has 3 rings (SSSR count). The summed E-state index contributed by atoms with van der Waals surface area (Å²) in [6.45, 7) is 3.86. The lowest BCUT2D eigenvalue weighted by Crippen LogP contribution is -2.36. The molecule has 0 radical (unpaired) electrons. The molecule has 0 spiro atoms. The van der Waals surface area contributed by atoms with Gasteiger partial charge in [0.25, 0.3) is 5.56 Å². The van der Waals surface area contributed by atoms with E-state index in [9.17, 15) is 9.59 Å². The second-order valence-corrected chi connectivity index (χ2v) is 7.44. The Morgan fingerprint density at radius 3 is 2.50 bits per heavy atom. The minimum atomic E-state index is -0.373. The number of rotatable bonds is 4. The third-order valence-electron chi connectivity index (χ3n) is 4.40. The molecule has 26 heavy (non-hydrogen) atoms. The molecule has 6 nitrogen and oxygen atoms in total. The van der Waals surface area contributed by atoms with Gasteiger partial charge in [0.1, 0.15) is 12.4 Å². The van der Waals surface area contributed by atoms with Gasteiger partial charge in [-0.05, 0) is 43.0 Å². The van der Waals surface area contributed by atoms with Gasteiger partial charge in [-0.15, -0.1) is 0 Å². The van der Waals surface area contributed by atoms with Gasteiger partial charge in [0, 0.05) is 34.9 Å². The van der Waals surface area contributed by atoms with E-state index in [0.29, 0.717) is 21.7 Å². The standard InChI is InChI=1S/C18H20Cl2N4O2/c1-12-4-6-23(7-5-12)16-2-3-18(26)24(22-16)11-17(25)21-15-9-13(19)8-14(20)10-15/h2-3,8-10,12H,4-7,11H2,1H3,(H,21,25). The number of halogens is 2. The molecule has 1 amide bonds. The van der Waals surface area contributed by atoms with Gasteiger partial charge >= 0.3 is 0 Å². The Morgan fingerprint density at radius 2 is 1.85 bits per heavy atom. The van der Waals surface area contributed by atoms with Crippen molar-refractivity contribution in [2.45, 2.75) is 26.3 Å². The lowest BCUT2D eigenvalue weighted by molar-refractivity contribution is -0.117. The second kappa shape index (κ2) is 8.10. The van der Waals surface area contributed by atoms with Gasteiger partial charge < -0.3 is 10.2 Å². The van der Waals surface area contributed by atoms with E-state index in [0.717, 1.165) is 31.7 Å². The molecule has 0 unspecified atom stereocenters. The molecule has 0 atom stereocenters. The molecule has 1 aliphatic rings. The molecule has 1 aromatic carbocycles. The van der Waals surface area contributed by atoms with Crippen molar-refractivity contribution in [3.63, 3.8) is 0 Å². The van der Waals surface area contributed by atoms with Crippen molar-refractivity contribution in [3.05, 3.63) is 50.7 Å². The predicted molar refractivity (Wildman–Crippen MR) is 104 cm³/mol. The molecule has 2 heterocycles. The van der Waals surface area contributed by atoms with E-state index in [4.69, 9.17) is 23.2 Å². The van der Waals surface area contributed by atoms with E-state index in [1.165, 1.54) is 10.7 Å².